The van der Waals surface area contributed by atoms with E-state index in [2.05, 4.69) is 20.8 Å². The van der Waals surface area contributed by atoms with Crippen molar-refractivity contribution >= 4 is 9.53 Å². The zero-order valence-electron chi connectivity index (χ0n) is 13.2. The summed E-state index contributed by atoms with van der Waals surface area (Å²) in [5, 5.41) is 0. The van der Waals surface area contributed by atoms with Gasteiger partial charge in [-0.2, -0.15) is 0 Å². The standard InChI is InChI=1S/C15H33O3Si/c1-4-7-10-13-16-19(17-14-11-8-5-2)18-15-12-9-6-3/h4-15H2,1-3H3. The minimum absolute atomic E-state index is 0.781. The lowest BCUT2D eigenvalue weighted by Gasteiger charge is -2.14. The van der Waals surface area contributed by atoms with Crippen LogP contribution < -0.4 is 0 Å². The molecule has 0 fully saturated rings. The highest BCUT2D eigenvalue weighted by molar-refractivity contribution is 6.36. The molecule has 0 aliphatic carbocycles. The van der Waals surface area contributed by atoms with E-state index in [9.17, 15) is 0 Å². The van der Waals surface area contributed by atoms with E-state index in [1.807, 2.05) is 0 Å². The van der Waals surface area contributed by atoms with Crippen LogP contribution in [0.15, 0.2) is 0 Å². The van der Waals surface area contributed by atoms with Crippen molar-refractivity contribution in [3.05, 3.63) is 0 Å². The molecule has 1 radical (unpaired) electrons. The Morgan fingerprint density at radius 3 is 1.11 bits per heavy atom. The second kappa shape index (κ2) is 16.2. The largest absolute Gasteiger partial charge is 0.577 e. The maximum Gasteiger partial charge on any atom is 0.577 e. The molecule has 0 aromatic heterocycles. The first-order valence-corrected chi connectivity index (χ1v) is 9.32. The molecule has 19 heavy (non-hydrogen) atoms. The van der Waals surface area contributed by atoms with Gasteiger partial charge in [-0.25, -0.2) is 0 Å². The van der Waals surface area contributed by atoms with E-state index in [0.717, 1.165) is 39.1 Å². The van der Waals surface area contributed by atoms with Crippen LogP contribution in [0.25, 0.3) is 0 Å². The van der Waals surface area contributed by atoms with Gasteiger partial charge in [0, 0.05) is 19.8 Å². The predicted molar refractivity (Wildman–Crippen MR) is 82.2 cm³/mol. The van der Waals surface area contributed by atoms with Crippen molar-refractivity contribution in [3.63, 3.8) is 0 Å². The van der Waals surface area contributed by atoms with Gasteiger partial charge in [-0.1, -0.05) is 59.3 Å². The maximum atomic E-state index is 5.76. The smallest absolute Gasteiger partial charge is 0.371 e. The van der Waals surface area contributed by atoms with Crippen molar-refractivity contribution in [1.29, 1.82) is 0 Å². The van der Waals surface area contributed by atoms with Crippen LogP contribution in [0.2, 0.25) is 0 Å². The van der Waals surface area contributed by atoms with Crippen molar-refractivity contribution in [2.75, 3.05) is 19.8 Å². The van der Waals surface area contributed by atoms with E-state index in [0.29, 0.717) is 0 Å². The second-order valence-corrected chi connectivity index (χ2v) is 6.28. The molecule has 0 rings (SSSR count). The Bertz CT molecular complexity index is 139. The highest BCUT2D eigenvalue weighted by Gasteiger charge is 2.18. The average Bonchev–Trinajstić information content (AvgIpc) is 2.43. The number of hydrogen-bond acceptors (Lipinski definition) is 3. The third kappa shape index (κ3) is 14.3. The molecular weight excluding hydrogens is 256 g/mol. The first-order chi connectivity index (χ1) is 9.35. The van der Waals surface area contributed by atoms with Crippen molar-refractivity contribution in [2.24, 2.45) is 0 Å². The summed E-state index contributed by atoms with van der Waals surface area (Å²) in [6.45, 7) is 8.95. The maximum absolute atomic E-state index is 5.76. The molecule has 3 nitrogen and oxygen atoms in total. The minimum atomic E-state index is -1.49. The molecule has 0 saturated carbocycles. The molecule has 0 spiro atoms. The third-order valence-corrected chi connectivity index (χ3v) is 4.22. The fourth-order valence-corrected chi connectivity index (χ4v) is 2.83. The fraction of sp³-hybridized carbons (Fsp3) is 1.00. The predicted octanol–water partition coefficient (Wildman–Crippen LogP) is 4.59. The Hall–Kier alpha value is 0.0969. The number of rotatable bonds is 15. The van der Waals surface area contributed by atoms with E-state index in [1.165, 1.54) is 38.5 Å². The average molecular weight is 290 g/mol. The van der Waals surface area contributed by atoms with Gasteiger partial charge in [-0.3, -0.25) is 0 Å². The van der Waals surface area contributed by atoms with Crippen molar-refractivity contribution in [1.82, 2.24) is 0 Å². The van der Waals surface area contributed by atoms with E-state index in [-0.39, 0.29) is 0 Å². The van der Waals surface area contributed by atoms with Gasteiger partial charge >= 0.3 is 9.53 Å². The number of hydrogen-bond donors (Lipinski definition) is 0. The van der Waals surface area contributed by atoms with Crippen LogP contribution in [0.4, 0.5) is 0 Å². The molecule has 0 aliphatic rings. The van der Waals surface area contributed by atoms with Crippen LogP contribution in [-0.2, 0) is 13.3 Å². The zero-order chi connectivity index (χ0) is 14.2. The summed E-state index contributed by atoms with van der Waals surface area (Å²) in [6.07, 6.45) is 10.7. The summed E-state index contributed by atoms with van der Waals surface area (Å²) in [5.41, 5.74) is 0. The second-order valence-electron chi connectivity index (χ2n) is 4.92. The molecule has 0 atom stereocenters. The highest BCUT2D eigenvalue weighted by atomic mass is 28.3. The molecule has 4 heteroatoms. The Morgan fingerprint density at radius 2 is 0.842 bits per heavy atom. The van der Waals surface area contributed by atoms with Crippen molar-refractivity contribution < 1.29 is 13.3 Å². The Balaban J connectivity index is 3.66. The van der Waals surface area contributed by atoms with Gasteiger partial charge in [0.25, 0.3) is 0 Å². The normalized spacial score (nSPS) is 11.4. The third-order valence-electron chi connectivity index (χ3n) is 2.90. The van der Waals surface area contributed by atoms with Crippen LogP contribution in [0.3, 0.4) is 0 Å². The van der Waals surface area contributed by atoms with E-state index in [1.54, 1.807) is 0 Å². The van der Waals surface area contributed by atoms with E-state index < -0.39 is 9.53 Å². The fourth-order valence-electron chi connectivity index (χ4n) is 1.65. The first kappa shape index (κ1) is 19.1. The molecule has 115 valence electrons. The first-order valence-electron chi connectivity index (χ1n) is 8.10. The topological polar surface area (TPSA) is 27.7 Å². The van der Waals surface area contributed by atoms with Crippen molar-refractivity contribution in [3.8, 4) is 0 Å². The highest BCUT2D eigenvalue weighted by Crippen LogP contribution is 2.03. The molecule has 0 unspecified atom stereocenters. The molecule has 0 aromatic carbocycles. The quantitative estimate of drug-likeness (QED) is 0.326. The van der Waals surface area contributed by atoms with Crippen LogP contribution in [0.5, 0.6) is 0 Å². The summed E-state index contributed by atoms with van der Waals surface area (Å²) < 4.78 is 17.3. The summed E-state index contributed by atoms with van der Waals surface area (Å²) in [6, 6.07) is 0. The van der Waals surface area contributed by atoms with Gasteiger partial charge in [0.15, 0.2) is 0 Å². The van der Waals surface area contributed by atoms with Gasteiger partial charge in [0.05, 0.1) is 0 Å². The van der Waals surface area contributed by atoms with E-state index >= 15 is 0 Å². The van der Waals surface area contributed by atoms with Crippen LogP contribution in [-0.4, -0.2) is 29.3 Å². The summed E-state index contributed by atoms with van der Waals surface area (Å²) in [4.78, 5) is 0. The van der Waals surface area contributed by atoms with Gasteiger partial charge in [0.2, 0.25) is 0 Å². The number of unbranched alkanes of at least 4 members (excludes halogenated alkanes) is 6. The Morgan fingerprint density at radius 1 is 0.526 bits per heavy atom. The molecular formula is C15H33O3Si. The lowest BCUT2D eigenvalue weighted by atomic mass is 10.3. The van der Waals surface area contributed by atoms with Gasteiger partial charge < -0.3 is 13.3 Å². The molecule has 0 amide bonds. The van der Waals surface area contributed by atoms with Crippen molar-refractivity contribution in [2.45, 2.75) is 78.6 Å². The summed E-state index contributed by atoms with van der Waals surface area (Å²) in [7, 11) is -1.49. The van der Waals surface area contributed by atoms with Crippen LogP contribution in [0.1, 0.15) is 78.6 Å². The molecule has 0 N–H and O–H groups in total. The molecule has 0 aromatic rings. The Labute approximate surface area is 122 Å². The monoisotopic (exact) mass is 289 g/mol. The molecule has 0 saturated heterocycles. The van der Waals surface area contributed by atoms with Gasteiger partial charge in [-0.15, -0.1) is 0 Å². The SMILES string of the molecule is CCCCCO[Si](OCCCCC)OCCCCC. The van der Waals surface area contributed by atoms with Gasteiger partial charge in [0.1, 0.15) is 0 Å². The molecule has 0 heterocycles. The molecule has 0 bridgehead atoms. The van der Waals surface area contributed by atoms with Crippen LogP contribution >= 0.6 is 0 Å². The summed E-state index contributed by atoms with van der Waals surface area (Å²) in [5.74, 6) is 0. The lowest BCUT2D eigenvalue weighted by molar-refractivity contribution is 0.0889. The van der Waals surface area contributed by atoms with Gasteiger partial charge in [-0.05, 0) is 19.3 Å². The molecule has 0 aliphatic heterocycles. The Kier molecular flexibility index (Phi) is 16.2. The zero-order valence-corrected chi connectivity index (χ0v) is 14.2. The summed E-state index contributed by atoms with van der Waals surface area (Å²) >= 11 is 0. The van der Waals surface area contributed by atoms with Crippen LogP contribution in [0, 0.1) is 0 Å². The lowest BCUT2D eigenvalue weighted by Crippen LogP contribution is -2.28. The minimum Gasteiger partial charge on any atom is -0.371 e. The van der Waals surface area contributed by atoms with E-state index in [4.69, 9.17) is 13.3 Å².